The Hall–Kier alpha value is -2.37. The number of carbonyl (C=O) groups is 2. The molecule has 0 heterocycles. The maximum absolute atomic E-state index is 11.8. The van der Waals surface area contributed by atoms with Gasteiger partial charge in [-0.25, -0.2) is 9.59 Å². The van der Waals surface area contributed by atoms with Crippen LogP contribution >= 0.6 is 0 Å². The minimum absolute atomic E-state index is 0.285. The first-order valence-corrected chi connectivity index (χ1v) is 6.88. The summed E-state index contributed by atoms with van der Waals surface area (Å²) in [6.07, 6.45) is 5.12. The molecule has 0 aromatic heterocycles. The van der Waals surface area contributed by atoms with Crippen LogP contribution < -0.4 is 5.32 Å². The van der Waals surface area contributed by atoms with E-state index in [4.69, 9.17) is 9.47 Å². The van der Waals surface area contributed by atoms with Crippen LogP contribution in [0.25, 0.3) is 0 Å². The normalized spacial score (nSPS) is 13.0. The molecule has 6 nitrogen and oxygen atoms in total. The van der Waals surface area contributed by atoms with Crippen LogP contribution in [0, 0.1) is 0 Å². The lowest BCUT2D eigenvalue weighted by molar-refractivity contribution is -0.137. The molecule has 6 heteroatoms. The van der Waals surface area contributed by atoms with E-state index >= 15 is 0 Å². The highest BCUT2D eigenvalue weighted by atomic mass is 16.6. The Morgan fingerprint density at radius 3 is 2.36 bits per heavy atom. The topological polar surface area (TPSA) is 77.0 Å². The Morgan fingerprint density at radius 1 is 1.27 bits per heavy atom. The van der Waals surface area contributed by atoms with Gasteiger partial charge in [-0.2, -0.15) is 0 Å². The van der Waals surface area contributed by atoms with Gasteiger partial charge in [0.25, 0.3) is 0 Å². The zero-order valence-electron chi connectivity index (χ0n) is 13.8. The number of ether oxygens (including phenoxy) is 2. The van der Waals surface area contributed by atoms with Crippen LogP contribution in [0.2, 0.25) is 0 Å². The Labute approximate surface area is 131 Å². The monoisotopic (exact) mass is 308 g/mol. The zero-order valence-corrected chi connectivity index (χ0v) is 13.8. The standard InChI is InChI=1S/C16H24N2O4/c1-7-9-13(18-15(20)22-16(3,4)5)12(17-6)10-11-14(19)21-8-2/h7,9-11H,1,8H2,2-6H3,(H,18,20)/b11-10+,13-9+,17-12?. The van der Waals surface area contributed by atoms with Crippen molar-refractivity contribution in [1.82, 2.24) is 5.32 Å². The summed E-state index contributed by atoms with van der Waals surface area (Å²) in [5.74, 6) is -0.487. The average Bonchev–Trinajstić information content (AvgIpc) is 2.37. The van der Waals surface area contributed by atoms with Crippen molar-refractivity contribution in [2.45, 2.75) is 33.3 Å². The lowest BCUT2D eigenvalue weighted by atomic mass is 10.2. The van der Waals surface area contributed by atoms with Gasteiger partial charge in [0.15, 0.2) is 0 Å². The van der Waals surface area contributed by atoms with Crippen LogP contribution in [-0.2, 0) is 14.3 Å². The van der Waals surface area contributed by atoms with Gasteiger partial charge in [0.1, 0.15) is 5.60 Å². The summed E-state index contributed by atoms with van der Waals surface area (Å²) < 4.78 is 9.97. The van der Waals surface area contributed by atoms with E-state index in [0.29, 0.717) is 11.4 Å². The molecule has 0 spiro atoms. The van der Waals surface area contributed by atoms with Crippen LogP contribution in [0.3, 0.4) is 0 Å². The molecule has 22 heavy (non-hydrogen) atoms. The number of hydrogen-bond donors (Lipinski definition) is 1. The first kappa shape index (κ1) is 19.6. The minimum atomic E-state index is -0.619. The number of carbonyl (C=O) groups excluding carboxylic acids is 2. The van der Waals surface area contributed by atoms with E-state index in [1.165, 1.54) is 18.2 Å². The molecular weight excluding hydrogens is 284 g/mol. The predicted octanol–water partition coefficient (Wildman–Crippen LogP) is 2.77. The van der Waals surface area contributed by atoms with Crippen molar-refractivity contribution < 1.29 is 19.1 Å². The number of nitrogens with one attached hydrogen (secondary N) is 1. The molecular formula is C16H24N2O4. The van der Waals surface area contributed by atoms with Crippen molar-refractivity contribution in [3.05, 3.63) is 36.6 Å². The molecule has 0 atom stereocenters. The smallest absolute Gasteiger partial charge is 0.412 e. The van der Waals surface area contributed by atoms with Crippen LogP contribution in [0.15, 0.2) is 41.6 Å². The van der Waals surface area contributed by atoms with Crippen molar-refractivity contribution in [3.63, 3.8) is 0 Å². The van der Waals surface area contributed by atoms with Gasteiger partial charge < -0.3 is 9.47 Å². The highest BCUT2D eigenvalue weighted by Crippen LogP contribution is 2.08. The van der Waals surface area contributed by atoms with Crippen molar-refractivity contribution >= 4 is 17.8 Å². The average molecular weight is 308 g/mol. The van der Waals surface area contributed by atoms with Crippen molar-refractivity contribution in [2.24, 2.45) is 4.99 Å². The van der Waals surface area contributed by atoms with E-state index in [0.717, 1.165) is 0 Å². The first-order valence-electron chi connectivity index (χ1n) is 6.88. The summed E-state index contributed by atoms with van der Waals surface area (Å²) in [7, 11) is 1.54. The minimum Gasteiger partial charge on any atom is -0.463 e. The van der Waals surface area contributed by atoms with Crippen molar-refractivity contribution in [2.75, 3.05) is 13.7 Å². The van der Waals surface area contributed by atoms with Gasteiger partial charge in [-0.15, -0.1) is 0 Å². The fourth-order valence-electron chi connectivity index (χ4n) is 1.34. The number of rotatable bonds is 6. The maximum Gasteiger partial charge on any atom is 0.412 e. The summed E-state index contributed by atoms with van der Waals surface area (Å²) in [5.41, 5.74) is 0.138. The van der Waals surface area contributed by atoms with Gasteiger partial charge >= 0.3 is 12.1 Å². The number of amides is 1. The van der Waals surface area contributed by atoms with Gasteiger partial charge in [-0.1, -0.05) is 12.7 Å². The number of hydrogen-bond acceptors (Lipinski definition) is 5. The second kappa shape index (κ2) is 9.55. The summed E-state index contributed by atoms with van der Waals surface area (Å²) in [6.45, 7) is 10.9. The third-order valence-corrected chi connectivity index (χ3v) is 2.10. The van der Waals surface area contributed by atoms with Crippen LogP contribution in [0.4, 0.5) is 4.79 Å². The quantitative estimate of drug-likeness (QED) is 0.354. The first-order chi connectivity index (χ1) is 10.2. The van der Waals surface area contributed by atoms with E-state index < -0.39 is 17.7 Å². The van der Waals surface area contributed by atoms with Crippen LogP contribution in [0.5, 0.6) is 0 Å². The molecule has 0 bridgehead atoms. The molecule has 0 unspecified atom stereocenters. The number of aliphatic imine (C=N–C) groups is 1. The van der Waals surface area contributed by atoms with Crippen molar-refractivity contribution in [1.29, 1.82) is 0 Å². The van der Waals surface area contributed by atoms with E-state index in [9.17, 15) is 9.59 Å². The highest BCUT2D eigenvalue weighted by Gasteiger charge is 2.17. The molecule has 0 rings (SSSR count). The largest absolute Gasteiger partial charge is 0.463 e. The van der Waals surface area contributed by atoms with Gasteiger partial charge in [0.05, 0.1) is 18.0 Å². The summed E-state index contributed by atoms with van der Waals surface area (Å²) in [6, 6.07) is 0. The van der Waals surface area contributed by atoms with Crippen LogP contribution in [0.1, 0.15) is 27.7 Å². The second-order valence-electron chi connectivity index (χ2n) is 5.14. The third kappa shape index (κ3) is 8.73. The fourth-order valence-corrected chi connectivity index (χ4v) is 1.34. The van der Waals surface area contributed by atoms with E-state index in [1.54, 1.807) is 40.8 Å². The third-order valence-electron chi connectivity index (χ3n) is 2.10. The van der Waals surface area contributed by atoms with E-state index in [2.05, 4.69) is 16.9 Å². The summed E-state index contributed by atoms with van der Waals surface area (Å²) in [5, 5.41) is 2.58. The number of nitrogens with zero attached hydrogens (tertiary/aromatic N) is 1. The maximum atomic E-state index is 11.8. The fraction of sp³-hybridized carbons (Fsp3) is 0.438. The Kier molecular flexibility index (Phi) is 8.52. The summed E-state index contributed by atoms with van der Waals surface area (Å²) >= 11 is 0. The molecule has 0 saturated carbocycles. The van der Waals surface area contributed by atoms with Gasteiger partial charge in [0.2, 0.25) is 0 Å². The molecule has 0 aromatic rings. The van der Waals surface area contributed by atoms with Gasteiger partial charge in [0, 0.05) is 13.1 Å². The molecule has 0 aromatic carbocycles. The molecule has 0 fully saturated rings. The van der Waals surface area contributed by atoms with Gasteiger partial charge in [-0.05, 0) is 39.8 Å². The van der Waals surface area contributed by atoms with Crippen molar-refractivity contribution in [3.8, 4) is 0 Å². The molecule has 0 aliphatic carbocycles. The summed E-state index contributed by atoms with van der Waals surface area (Å²) in [4.78, 5) is 27.2. The number of alkyl carbamates (subject to hydrolysis) is 1. The predicted molar refractivity (Wildman–Crippen MR) is 86.8 cm³/mol. The molecule has 0 aliphatic heterocycles. The number of allylic oxidation sites excluding steroid dienone is 3. The molecule has 0 radical (unpaired) electrons. The Bertz CT molecular complexity index is 497. The zero-order chi connectivity index (χ0) is 17.2. The SMILES string of the molecule is C=C/C=C(/NC(=O)OC(C)(C)C)C(/C=C/C(=O)OCC)=NC. The lowest BCUT2D eigenvalue weighted by Crippen LogP contribution is -2.34. The van der Waals surface area contributed by atoms with Gasteiger partial charge in [-0.3, -0.25) is 10.3 Å². The Balaban J connectivity index is 5.07. The number of esters is 1. The lowest BCUT2D eigenvalue weighted by Gasteiger charge is -2.20. The molecule has 122 valence electrons. The second-order valence-corrected chi connectivity index (χ2v) is 5.14. The molecule has 0 aliphatic rings. The molecule has 1 N–H and O–H groups in total. The van der Waals surface area contributed by atoms with Crippen LogP contribution in [-0.4, -0.2) is 37.0 Å². The molecule has 1 amide bonds. The van der Waals surface area contributed by atoms with E-state index in [-0.39, 0.29) is 6.61 Å². The Morgan fingerprint density at radius 2 is 1.91 bits per heavy atom. The van der Waals surface area contributed by atoms with E-state index in [1.807, 2.05) is 0 Å². The molecule has 0 saturated heterocycles. The highest BCUT2D eigenvalue weighted by molar-refractivity contribution is 6.11.